The molecule has 2 heterocycles. The molecule has 198 valence electrons. The van der Waals surface area contributed by atoms with Gasteiger partial charge in [0.2, 0.25) is 5.91 Å². The molecule has 0 fully saturated rings. The van der Waals surface area contributed by atoms with Gasteiger partial charge in [0.05, 0.1) is 11.0 Å². The quantitative estimate of drug-likeness (QED) is 0.250. The molecule has 0 aliphatic heterocycles. The molecular formula is C30H41N5O2. The van der Waals surface area contributed by atoms with E-state index in [0.717, 1.165) is 58.2 Å². The maximum atomic E-state index is 12.2. The smallest absolute Gasteiger partial charge is 0.220 e. The third-order valence-electron chi connectivity index (χ3n) is 6.29. The molecule has 2 aromatic carbocycles. The number of anilines is 1. The number of hydrogen-bond donors (Lipinski definition) is 3. The van der Waals surface area contributed by atoms with Crippen LogP contribution in [0.15, 0.2) is 36.4 Å². The molecule has 7 nitrogen and oxygen atoms in total. The molecule has 4 rings (SSSR count). The number of phenolic OH excluding ortho intramolecular Hbond substituents is 1. The highest BCUT2D eigenvalue weighted by Gasteiger charge is 2.18. The minimum Gasteiger partial charge on any atom is -0.507 e. The van der Waals surface area contributed by atoms with E-state index in [2.05, 4.69) is 27.9 Å². The number of hydrogen-bond acceptors (Lipinski definition) is 5. The van der Waals surface area contributed by atoms with Gasteiger partial charge < -0.3 is 20.7 Å². The zero-order chi connectivity index (χ0) is 27.1. The molecule has 1 amide bonds. The van der Waals surface area contributed by atoms with Crippen LogP contribution in [0.3, 0.4) is 0 Å². The number of para-hydroxylation sites is 1. The van der Waals surface area contributed by atoms with Crippen LogP contribution in [0.2, 0.25) is 0 Å². The molecule has 0 saturated heterocycles. The topological polar surface area (TPSA) is 106 Å². The highest BCUT2D eigenvalue weighted by Crippen LogP contribution is 2.31. The minimum absolute atomic E-state index is 0.0145. The van der Waals surface area contributed by atoms with E-state index in [0.29, 0.717) is 30.9 Å². The Kier molecular flexibility index (Phi) is 9.50. The molecule has 4 N–H and O–H groups in total. The van der Waals surface area contributed by atoms with Gasteiger partial charge in [-0.2, -0.15) is 0 Å². The lowest BCUT2D eigenvalue weighted by molar-refractivity contribution is -0.121. The van der Waals surface area contributed by atoms with Gasteiger partial charge in [-0.15, -0.1) is 0 Å². The van der Waals surface area contributed by atoms with E-state index < -0.39 is 0 Å². The van der Waals surface area contributed by atoms with Gasteiger partial charge in [-0.1, -0.05) is 65.3 Å². The first kappa shape index (κ1) is 28.0. The Labute approximate surface area is 220 Å². The van der Waals surface area contributed by atoms with Gasteiger partial charge in [0.15, 0.2) is 5.82 Å². The van der Waals surface area contributed by atoms with Crippen LogP contribution in [0.4, 0.5) is 5.82 Å². The molecule has 0 aliphatic carbocycles. The van der Waals surface area contributed by atoms with Crippen molar-refractivity contribution < 1.29 is 9.90 Å². The lowest BCUT2D eigenvalue weighted by Gasteiger charge is -2.15. The van der Waals surface area contributed by atoms with Crippen LogP contribution in [0.25, 0.3) is 21.9 Å². The summed E-state index contributed by atoms with van der Waals surface area (Å²) in [6.07, 6.45) is 3.39. The number of phenols is 1. The first-order valence-electron chi connectivity index (χ1n) is 13.4. The summed E-state index contributed by atoms with van der Waals surface area (Å²) in [5.41, 5.74) is 11.4. The van der Waals surface area contributed by atoms with Gasteiger partial charge >= 0.3 is 0 Å². The van der Waals surface area contributed by atoms with E-state index in [1.165, 1.54) is 0 Å². The predicted octanol–water partition coefficient (Wildman–Crippen LogP) is 6.26. The molecule has 0 unspecified atom stereocenters. The van der Waals surface area contributed by atoms with Crippen LogP contribution < -0.4 is 11.1 Å². The molecule has 2 aromatic heterocycles. The number of pyridine rings is 1. The summed E-state index contributed by atoms with van der Waals surface area (Å²) in [6.45, 7) is 13.0. The number of carbonyl (C=O) groups excluding carboxylic acids is 1. The summed E-state index contributed by atoms with van der Waals surface area (Å²) >= 11 is 0. The van der Waals surface area contributed by atoms with Crippen LogP contribution >= 0.6 is 0 Å². The highest BCUT2D eigenvalue weighted by atomic mass is 16.3. The molecule has 0 spiro atoms. The summed E-state index contributed by atoms with van der Waals surface area (Å²) in [4.78, 5) is 21.7. The number of fused-ring (bicyclic) bond motifs is 3. The fraction of sp³-hybridized carbons (Fsp3) is 0.433. The number of aryl methyl sites for hydroxylation is 2. The summed E-state index contributed by atoms with van der Waals surface area (Å²) in [6, 6.07) is 12.0. The summed E-state index contributed by atoms with van der Waals surface area (Å²) in [5.74, 6) is 1.90. The van der Waals surface area contributed by atoms with Gasteiger partial charge in [-0.25, -0.2) is 9.97 Å². The number of amides is 1. The van der Waals surface area contributed by atoms with Crippen LogP contribution in [-0.4, -0.2) is 25.5 Å². The van der Waals surface area contributed by atoms with Gasteiger partial charge in [0, 0.05) is 36.9 Å². The number of benzene rings is 2. The first-order valence-corrected chi connectivity index (χ1v) is 13.4. The average Bonchev–Trinajstić information content (AvgIpc) is 3.23. The number of nitrogen functional groups attached to an aromatic ring is 1. The molecular weight excluding hydrogens is 462 g/mol. The van der Waals surface area contributed by atoms with Gasteiger partial charge in [-0.3, -0.25) is 4.79 Å². The molecule has 0 atom stereocenters. The molecule has 4 aromatic rings. The number of nitrogens with one attached hydrogen (secondary N) is 1. The van der Waals surface area contributed by atoms with E-state index in [4.69, 9.17) is 10.7 Å². The molecule has 0 aliphatic rings. The fourth-order valence-corrected chi connectivity index (χ4v) is 4.58. The number of nitrogens with two attached hydrogens (primary N) is 1. The summed E-state index contributed by atoms with van der Waals surface area (Å²) < 4.78 is 2.23. The van der Waals surface area contributed by atoms with E-state index in [1.54, 1.807) is 0 Å². The number of unbranched alkanes of at least 4 members (excludes halogenated alkanes) is 1. The Morgan fingerprint density at radius 3 is 2.59 bits per heavy atom. The molecule has 37 heavy (non-hydrogen) atoms. The summed E-state index contributed by atoms with van der Waals surface area (Å²) in [5, 5.41) is 14.6. The second-order valence-electron chi connectivity index (χ2n) is 9.72. The Balaban J connectivity index is 0.00000186. The standard InChI is InChI=1S/C28H35N5O2.C2H6/c1-5-6-11-23-32-25-26(21-9-7-8-10-22(21)31-28(25)29)33(23)16-19-13-18(4)27(35)20(14-19)15-30-24(34)12-17(2)3;1-2/h7-10,13-14,17,35H,5-6,11-12,15-16H2,1-4H3,(H2,29,31)(H,30,34);1-2H3. The predicted molar refractivity (Wildman–Crippen MR) is 153 cm³/mol. The van der Waals surface area contributed by atoms with Gasteiger partial charge in [0.25, 0.3) is 0 Å². The molecule has 0 radical (unpaired) electrons. The van der Waals surface area contributed by atoms with Crippen LogP contribution in [-0.2, 0) is 24.3 Å². The third kappa shape index (κ3) is 6.40. The Hall–Kier alpha value is -3.61. The van der Waals surface area contributed by atoms with Crippen molar-refractivity contribution in [2.75, 3.05) is 5.73 Å². The average molecular weight is 504 g/mol. The van der Waals surface area contributed by atoms with Crippen molar-refractivity contribution in [1.29, 1.82) is 0 Å². The zero-order valence-corrected chi connectivity index (χ0v) is 23.1. The van der Waals surface area contributed by atoms with Crippen molar-refractivity contribution >= 4 is 33.7 Å². The maximum Gasteiger partial charge on any atom is 0.220 e. The van der Waals surface area contributed by atoms with Crippen molar-refractivity contribution in [3.05, 3.63) is 58.9 Å². The van der Waals surface area contributed by atoms with Crippen molar-refractivity contribution in [3.63, 3.8) is 0 Å². The van der Waals surface area contributed by atoms with Crippen LogP contribution in [0.5, 0.6) is 5.75 Å². The van der Waals surface area contributed by atoms with Crippen molar-refractivity contribution in [3.8, 4) is 5.75 Å². The van der Waals surface area contributed by atoms with Crippen molar-refractivity contribution in [2.24, 2.45) is 5.92 Å². The van der Waals surface area contributed by atoms with E-state index in [1.807, 2.05) is 65.0 Å². The third-order valence-corrected chi connectivity index (χ3v) is 6.29. The summed E-state index contributed by atoms with van der Waals surface area (Å²) in [7, 11) is 0. The van der Waals surface area contributed by atoms with Crippen LogP contribution in [0, 0.1) is 12.8 Å². The number of aromatic nitrogens is 3. The Morgan fingerprint density at radius 2 is 1.89 bits per heavy atom. The number of nitrogens with zero attached hydrogens (tertiary/aromatic N) is 3. The van der Waals surface area contributed by atoms with E-state index in [-0.39, 0.29) is 17.6 Å². The lowest BCUT2D eigenvalue weighted by atomic mass is 10.0. The largest absolute Gasteiger partial charge is 0.507 e. The van der Waals surface area contributed by atoms with Crippen molar-refractivity contribution in [1.82, 2.24) is 19.9 Å². The second kappa shape index (κ2) is 12.6. The monoisotopic (exact) mass is 503 g/mol. The number of rotatable bonds is 9. The number of aromatic hydroxyl groups is 1. The normalized spacial score (nSPS) is 11.1. The zero-order valence-electron chi connectivity index (χ0n) is 23.1. The number of imidazole rings is 1. The molecule has 7 heteroatoms. The van der Waals surface area contributed by atoms with Crippen molar-refractivity contribution in [2.45, 2.75) is 80.3 Å². The van der Waals surface area contributed by atoms with Gasteiger partial charge in [0.1, 0.15) is 17.1 Å². The molecule has 0 bridgehead atoms. The lowest BCUT2D eigenvalue weighted by Crippen LogP contribution is -2.24. The minimum atomic E-state index is -0.0145. The Morgan fingerprint density at radius 1 is 1.16 bits per heavy atom. The fourth-order valence-electron chi connectivity index (χ4n) is 4.58. The number of carbonyl (C=O) groups is 1. The maximum absolute atomic E-state index is 12.2. The molecule has 0 saturated carbocycles. The Bertz CT molecular complexity index is 1370. The first-order chi connectivity index (χ1) is 17.8. The van der Waals surface area contributed by atoms with Crippen LogP contribution in [0.1, 0.15) is 76.4 Å². The van der Waals surface area contributed by atoms with E-state index in [9.17, 15) is 9.90 Å². The van der Waals surface area contributed by atoms with E-state index >= 15 is 0 Å². The highest BCUT2D eigenvalue weighted by molar-refractivity contribution is 6.06. The second-order valence-corrected chi connectivity index (χ2v) is 9.72. The SMILES string of the molecule is CC.CCCCc1nc2c(N)nc3ccccc3c2n1Cc1cc(C)c(O)c(CNC(=O)CC(C)C)c1. The van der Waals surface area contributed by atoms with Gasteiger partial charge in [-0.05, 0) is 42.5 Å².